The first-order chi connectivity index (χ1) is 7.77. The summed E-state index contributed by atoms with van der Waals surface area (Å²) in [6.07, 6.45) is 0. The van der Waals surface area contributed by atoms with Gasteiger partial charge in [-0.2, -0.15) is 0 Å². The van der Waals surface area contributed by atoms with Crippen LogP contribution in [0.25, 0.3) is 0 Å². The van der Waals surface area contributed by atoms with Gasteiger partial charge in [0.25, 0.3) is 0 Å². The fourth-order valence-electron chi connectivity index (χ4n) is 0.325. The molecule has 11 heteroatoms. The summed E-state index contributed by atoms with van der Waals surface area (Å²) in [6.45, 7) is 2.74. The zero-order valence-corrected chi connectivity index (χ0v) is 18.0. The van der Waals surface area contributed by atoms with Gasteiger partial charge in [-0.05, 0) is 13.8 Å². The molecule has 2 atom stereocenters. The van der Waals surface area contributed by atoms with E-state index < -0.39 is 31.4 Å². The van der Waals surface area contributed by atoms with Gasteiger partial charge in [0.15, 0.2) is 8.67 Å². The van der Waals surface area contributed by atoms with Crippen molar-refractivity contribution in [3.63, 3.8) is 0 Å². The summed E-state index contributed by atoms with van der Waals surface area (Å²) in [4.78, 5) is 20.0. The standard InChI is InChI=1S/2C4H5Cl3O2.Pb/c2*1-2(5)4(6,7)3(8)9;/h2*2H,1H3,(H,8,9);/q;;+2/p-2. The van der Waals surface area contributed by atoms with Gasteiger partial charge in [-0.15, -0.1) is 23.2 Å². The number of carboxylic acids is 2. The predicted octanol–water partition coefficient (Wildman–Crippen LogP) is 0.694. The van der Waals surface area contributed by atoms with Crippen molar-refractivity contribution in [2.45, 2.75) is 33.3 Å². The summed E-state index contributed by atoms with van der Waals surface area (Å²) in [6, 6.07) is 0. The molecular formula is C8H8Cl6O4Pb. The van der Waals surface area contributed by atoms with Gasteiger partial charge in [-0.3, -0.25) is 0 Å². The predicted molar refractivity (Wildman–Crippen MR) is 75.3 cm³/mol. The first kappa shape index (κ1) is 25.5. The van der Waals surface area contributed by atoms with Crippen LogP contribution in [0.3, 0.4) is 0 Å². The van der Waals surface area contributed by atoms with Crippen molar-refractivity contribution in [3.05, 3.63) is 0 Å². The molecule has 0 spiro atoms. The van der Waals surface area contributed by atoms with E-state index in [1.165, 1.54) is 13.8 Å². The number of halogens is 6. The second kappa shape index (κ2) is 10.3. The number of carboxylic acid groups (broad SMARTS) is 2. The SMILES string of the molecule is CC(Cl)C(Cl)(Cl)C(=O)[O-].CC(Cl)C(Cl)(Cl)C(=O)[O-].[Pb+2]. The fraction of sp³-hybridized carbons (Fsp3) is 0.750. The van der Waals surface area contributed by atoms with Crippen molar-refractivity contribution in [2.24, 2.45) is 0 Å². The third-order valence-corrected chi connectivity index (χ3v) is 4.57. The van der Waals surface area contributed by atoms with E-state index in [0.29, 0.717) is 0 Å². The molecule has 4 nitrogen and oxygen atoms in total. The van der Waals surface area contributed by atoms with Gasteiger partial charge in [0.1, 0.15) is 0 Å². The Hall–Kier alpha value is 1.60. The van der Waals surface area contributed by atoms with E-state index in [-0.39, 0.29) is 27.3 Å². The molecular weight excluding hydrogens is 580 g/mol. The summed E-state index contributed by atoms with van der Waals surface area (Å²) in [5.41, 5.74) is 0. The van der Waals surface area contributed by atoms with Crippen LogP contribution in [0.4, 0.5) is 0 Å². The molecule has 0 aliphatic carbocycles. The Bertz CT molecular complexity index is 278. The van der Waals surface area contributed by atoms with Crippen molar-refractivity contribution in [2.75, 3.05) is 0 Å². The van der Waals surface area contributed by atoms with Crippen LogP contribution in [-0.2, 0) is 9.59 Å². The Labute approximate surface area is 160 Å². The molecule has 0 aromatic heterocycles. The largest absolute Gasteiger partial charge is 2.00 e. The number of carbonyl (C=O) groups excluding carboxylic acids is 2. The second-order valence-corrected chi connectivity index (χ2v) is 7.13. The molecule has 110 valence electrons. The van der Waals surface area contributed by atoms with Crippen LogP contribution in [0.1, 0.15) is 13.8 Å². The molecule has 19 heavy (non-hydrogen) atoms. The van der Waals surface area contributed by atoms with Crippen LogP contribution in [0.2, 0.25) is 0 Å². The normalized spacial score (nSPS) is 14.3. The summed E-state index contributed by atoms with van der Waals surface area (Å²) < 4.78 is -3.97. The van der Waals surface area contributed by atoms with E-state index in [9.17, 15) is 19.8 Å². The maximum atomic E-state index is 10.0. The maximum Gasteiger partial charge on any atom is 2.00 e. The molecule has 0 aromatic rings. The second-order valence-electron chi connectivity index (χ2n) is 3.05. The third-order valence-electron chi connectivity index (χ3n) is 1.54. The van der Waals surface area contributed by atoms with Gasteiger partial charge in [0, 0.05) is 0 Å². The number of hydrogen-bond donors (Lipinski definition) is 0. The van der Waals surface area contributed by atoms with Crippen molar-refractivity contribution < 1.29 is 19.8 Å². The molecule has 0 N–H and O–H groups in total. The van der Waals surface area contributed by atoms with E-state index >= 15 is 0 Å². The molecule has 0 saturated heterocycles. The Kier molecular flexibility index (Phi) is 13.9. The molecule has 0 amide bonds. The number of hydrogen-bond acceptors (Lipinski definition) is 4. The number of aliphatic carboxylic acids is 2. The molecule has 0 aliphatic heterocycles. The zero-order valence-electron chi connectivity index (χ0n) is 9.56. The summed E-state index contributed by atoms with van der Waals surface area (Å²) in [5.74, 6) is -3.15. The topological polar surface area (TPSA) is 80.3 Å². The van der Waals surface area contributed by atoms with Crippen molar-refractivity contribution in [1.29, 1.82) is 0 Å². The minimum absolute atomic E-state index is 0. The van der Waals surface area contributed by atoms with Gasteiger partial charge in [0.05, 0.1) is 22.7 Å². The molecule has 0 bridgehead atoms. The molecule has 0 rings (SSSR count). The van der Waals surface area contributed by atoms with Gasteiger partial charge in [0.2, 0.25) is 0 Å². The number of carbonyl (C=O) groups is 2. The number of rotatable bonds is 4. The molecule has 2 radical (unpaired) electrons. The van der Waals surface area contributed by atoms with Gasteiger partial charge in [-0.1, -0.05) is 46.4 Å². The van der Waals surface area contributed by atoms with Crippen LogP contribution in [0.5, 0.6) is 0 Å². The first-order valence-corrected chi connectivity index (χ1v) is 6.63. The molecule has 2 unspecified atom stereocenters. The average Bonchev–Trinajstić information content (AvgIpc) is 2.17. The minimum atomic E-state index is -1.98. The molecule has 0 heterocycles. The average molecular weight is 588 g/mol. The Morgan fingerprint density at radius 2 is 1.00 bits per heavy atom. The minimum Gasteiger partial charge on any atom is -0.547 e. The summed E-state index contributed by atoms with van der Waals surface area (Å²) >= 11 is 31.3. The van der Waals surface area contributed by atoms with E-state index in [0.717, 1.165) is 0 Å². The van der Waals surface area contributed by atoms with E-state index in [4.69, 9.17) is 69.6 Å². The van der Waals surface area contributed by atoms with Gasteiger partial charge < -0.3 is 19.8 Å². The van der Waals surface area contributed by atoms with Crippen molar-refractivity contribution in [1.82, 2.24) is 0 Å². The van der Waals surface area contributed by atoms with Crippen LogP contribution in [0, 0.1) is 0 Å². The monoisotopic (exact) mass is 586 g/mol. The fourth-order valence-corrected chi connectivity index (χ4v) is 0.503. The first-order valence-electron chi connectivity index (χ1n) is 4.24. The van der Waals surface area contributed by atoms with E-state index in [1.807, 2.05) is 0 Å². The van der Waals surface area contributed by atoms with Crippen molar-refractivity contribution in [3.8, 4) is 0 Å². The quantitative estimate of drug-likeness (QED) is 0.358. The van der Waals surface area contributed by atoms with E-state index in [2.05, 4.69) is 0 Å². The Balaban J connectivity index is -0.000000256. The maximum absolute atomic E-state index is 10.0. The Morgan fingerprint density at radius 3 is 1.00 bits per heavy atom. The van der Waals surface area contributed by atoms with Gasteiger partial charge in [-0.25, -0.2) is 0 Å². The zero-order chi connectivity index (χ0) is 15.3. The molecule has 0 fully saturated rings. The molecule has 0 saturated carbocycles. The molecule has 0 aliphatic rings. The van der Waals surface area contributed by atoms with Crippen LogP contribution in [-0.4, -0.2) is 58.7 Å². The van der Waals surface area contributed by atoms with Gasteiger partial charge >= 0.3 is 27.3 Å². The molecule has 0 aromatic carbocycles. The third kappa shape index (κ3) is 9.27. The smallest absolute Gasteiger partial charge is 0.547 e. The number of alkyl halides is 6. The Morgan fingerprint density at radius 1 is 0.842 bits per heavy atom. The van der Waals surface area contributed by atoms with Crippen LogP contribution < -0.4 is 10.2 Å². The van der Waals surface area contributed by atoms with E-state index in [1.54, 1.807) is 0 Å². The summed E-state index contributed by atoms with van der Waals surface area (Å²) in [5, 5.41) is 18.3. The summed E-state index contributed by atoms with van der Waals surface area (Å²) in [7, 11) is 0. The van der Waals surface area contributed by atoms with Crippen LogP contribution >= 0.6 is 69.6 Å². The van der Waals surface area contributed by atoms with Crippen molar-refractivity contribution >= 4 is 109 Å². The van der Waals surface area contributed by atoms with Crippen LogP contribution in [0.15, 0.2) is 0 Å².